The van der Waals surface area contributed by atoms with Crippen molar-refractivity contribution in [3.63, 3.8) is 0 Å². The van der Waals surface area contributed by atoms with E-state index in [1.807, 2.05) is 0 Å². The quantitative estimate of drug-likeness (QED) is 0.749. The molecule has 1 heterocycles. The molecule has 0 unspecified atom stereocenters. The number of nitrogens with one attached hydrogen (secondary N) is 1. The summed E-state index contributed by atoms with van der Waals surface area (Å²) in [5, 5.41) is 3.08. The van der Waals surface area contributed by atoms with E-state index < -0.39 is 0 Å². The van der Waals surface area contributed by atoms with Gasteiger partial charge in [0.2, 0.25) is 0 Å². The second-order valence-electron chi connectivity index (χ2n) is 3.17. The molecule has 12 heavy (non-hydrogen) atoms. The maximum atomic E-state index is 12.6. The molecule has 0 saturated carbocycles. The summed E-state index contributed by atoms with van der Waals surface area (Å²) < 4.78 is 12.6. The SMILES string of the molecule is CC(C)CNc1cncc(F)c1. The molecular formula is C9H13FN2. The van der Waals surface area contributed by atoms with Crippen LogP contribution in [0.15, 0.2) is 18.5 Å². The van der Waals surface area contributed by atoms with Crippen molar-refractivity contribution in [1.29, 1.82) is 0 Å². The molecule has 0 spiro atoms. The zero-order valence-corrected chi connectivity index (χ0v) is 7.34. The molecule has 1 aromatic heterocycles. The first-order valence-electron chi connectivity index (χ1n) is 4.03. The Hall–Kier alpha value is -1.12. The Morgan fingerprint density at radius 2 is 2.25 bits per heavy atom. The number of pyridine rings is 1. The summed E-state index contributed by atoms with van der Waals surface area (Å²) in [4.78, 5) is 3.72. The van der Waals surface area contributed by atoms with Gasteiger partial charge in [0.1, 0.15) is 5.82 Å². The number of anilines is 1. The molecule has 0 atom stereocenters. The van der Waals surface area contributed by atoms with Crippen molar-refractivity contribution in [3.8, 4) is 0 Å². The van der Waals surface area contributed by atoms with E-state index in [0.29, 0.717) is 5.92 Å². The summed E-state index contributed by atoms with van der Waals surface area (Å²) >= 11 is 0. The lowest BCUT2D eigenvalue weighted by atomic mass is 10.2. The molecule has 0 radical (unpaired) electrons. The van der Waals surface area contributed by atoms with E-state index in [4.69, 9.17) is 0 Å². The molecular weight excluding hydrogens is 155 g/mol. The van der Waals surface area contributed by atoms with Crippen LogP contribution < -0.4 is 5.32 Å². The van der Waals surface area contributed by atoms with Gasteiger partial charge in [-0.25, -0.2) is 4.39 Å². The summed E-state index contributed by atoms with van der Waals surface area (Å²) in [6.45, 7) is 5.03. The van der Waals surface area contributed by atoms with Crippen molar-refractivity contribution in [3.05, 3.63) is 24.3 Å². The van der Waals surface area contributed by atoms with Crippen LogP contribution in [0.5, 0.6) is 0 Å². The van der Waals surface area contributed by atoms with Gasteiger partial charge >= 0.3 is 0 Å². The number of rotatable bonds is 3. The molecule has 66 valence electrons. The average molecular weight is 168 g/mol. The summed E-state index contributed by atoms with van der Waals surface area (Å²) in [6, 6.07) is 1.44. The predicted octanol–water partition coefficient (Wildman–Crippen LogP) is 2.29. The molecule has 0 aromatic carbocycles. The smallest absolute Gasteiger partial charge is 0.143 e. The van der Waals surface area contributed by atoms with Gasteiger partial charge in [-0.1, -0.05) is 13.8 Å². The highest BCUT2D eigenvalue weighted by molar-refractivity contribution is 5.40. The Bertz CT molecular complexity index is 248. The van der Waals surface area contributed by atoms with Crippen LogP contribution in [-0.2, 0) is 0 Å². The fourth-order valence-electron chi connectivity index (χ4n) is 0.831. The summed E-state index contributed by atoms with van der Waals surface area (Å²) in [7, 11) is 0. The number of aromatic nitrogens is 1. The Balaban J connectivity index is 2.52. The molecule has 1 aromatic rings. The molecule has 0 aliphatic rings. The van der Waals surface area contributed by atoms with Gasteiger partial charge in [-0.2, -0.15) is 0 Å². The normalized spacial score (nSPS) is 10.3. The Morgan fingerprint density at radius 1 is 1.50 bits per heavy atom. The van der Waals surface area contributed by atoms with Crippen molar-refractivity contribution in [2.45, 2.75) is 13.8 Å². The van der Waals surface area contributed by atoms with Crippen molar-refractivity contribution in [2.24, 2.45) is 5.92 Å². The first-order valence-corrected chi connectivity index (χ1v) is 4.03. The lowest BCUT2D eigenvalue weighted by Gasteiger charge is -2.07. The van der Waals surface area contributed by atoms with Gasteiger partial charge in [0.25, 0.3) is 0 Å². The zero-order chi connectivity index (χ0) is 8.97. The lowest BCUT2D eigenvalue weighted by molar-refractivity contribution is 0.621. The predicted molar refractivity (Wildman–Crippen MR) is 47.5 cm³/mol. The van der Waals surface area contributed by atoms with Crippen LogP contribution in [0.4, 0.5) is 10.1 Å². The molecule has 1 N–H and O–H groups in total. The molecule has 0 amide bonds. The first-order chi connectivity index (χ1) is 5.68. The second kappa shape index (κ2) is 4.04. The number of hydrogen-bond donors (Lipinski definition) is 1. The highest BCUT2D eigenvalue weighted by Crippen LogP contribution is 2.07. The van der Waals surface area contributed by atoms with Gasteiger partial charge in [0.05, 0.1) is 18.1 Å². The third kappa shape index (κ3) is 2.86. The van der Waals surface area contributed by atoms with Gasteiger partial charge in [0.15, 0.2) is 0 Å². The molecule has 0 bridgehead atoms. The molecule has 0 fully saturated rings. The molecule has 1 rings (SSSR count). The molecule has 2 nitrogen and oxygen atoms in total. The van der Waals surface area contributed by atoms with E-state index >= 15 is 0 Å². The van der Waals surface area contributed by atoms with E-state index in [9.17, 15) is 4.39 Å². The first kappa shape index (κ1) is 8.97. The average Bonchev–Trinajstić information content (AvgIpc) is 2.01. The number of nitrogens with zero attached hydrogens (tertiary/aromatic N) is 1. The van der Waals surface area contributed by atoms with Crippen LogP contribution >= 0.6 is 0 Å². The highest BCUT2D eigenvalue weighted by Gasteiger charge is 1.96. The largest absolute Gasteiger partial charge is 0.383 e. The minimum absolute atomic E-state index is 0.302. The van der Waals surface area contributed by atoms with Crippen LogP contribution in [0.2, 0.25) is 0 Å². The summed E-state index contributed by atoms with van der Waals surface area (Å²) in [5.74, 6) is 0.247. The maximum absolute atomic E-state index is 12.6. The van der Waals surface area contributed by atoms with Gasteiger partial charge in [0, 0.05) is 12.6 Å². The fourth-order valence-corrected chi connectivity index (χ4v) is 0.831. The summed E-state index contributed by atoms with van der Waals surface area (Å²) in [6.07, 6.45) is 2.81. The monoisotopic (exact) mass is 168 g/mol. The van der Waals surface area contributed by atoms with Crippen molar-refractivity contribution in [2.75, 3.05) is 11.9 Å². The Morgan fingerprint density at radius 3 is 2.83 bits per heavy atom. The zero-order valence-electron chi connectivity index (χ0n) is 7.34. The van der Waals surface area contributed by atoms with Crippen molar-refractivity contribution >= 4 is 5.69 Å². The van der Waals surface area contributed by atoms with E-state index in [2.05, 4.69) is 24.1 Å². The van der Waals surface area contributed by atoms with Gasteiger partial charge in [-0.15, -0.1) is 0 Å². The molecule has 0 aliphatic carbocycles. The maximum Gasteiger partial charge on any atom is 0.143 e. The van der Waals surface area contributed by atoms with E-state index in [-0.39, 0.29) is 5.82 Å². The third-order valence-electron chi connectivity index (χ3n) is 1.42. The van der Waals surface area contributed by atoms with Crippen LogP contribution in [0.25, 0.3) is 0 Å². The van der Waals surface area contributed by atoms with Gasteiger partial charge in [-0.05, 0) is 5.92 Å². The van der Waals surface area contributed by atoms with E-state index in [1.165, 1.54) is 12.3 Å². The molecule has 0 saturated heterocycles. The van der Waals surface area contributed by atoms with Crippen LogP contribution in [0.3, 0.4) is 0 Å². The second-order valence-corrected chi connectivity index (χ2v) is 3.17. The van der Waals surface area contributed by atoms with Crippen molar-refractivity contribution < 1.29 is 4.39 Å². The topological polar surface area (TPSA) is 24.9 Å². The van der Waals surface area contributed by atoms with E-state index in [0.717, 1.165) is 12.2 Å². The van der Waals surface area contributed by atoms with Crippen LogP contribution in [0.1, 0.15) is 13.8 Å². The highest BCUT2D eigenvalue weighted by atomic mass is 19.1. The summed E-state index contributed by atoms with van der Waals surface area (Å²) in [5.41, 5.74) is 0.740. The minimum atomic E-state index is -0.302. The molecule has 3 heteroatoms. The number of halogens is 1. The van der Waals surface area contributed by atoms with E-state index in [1.54, 1.807) is 6.20 Å². The Kier molecular flexibility index (Phi) is 3.02. The number of hydrogen-bond acceptors (Lipinski definition) is 2. The van der Waals surface area contributed by atoms with Crippen molar-refractivity contribution in [1.82, 2.24) is 4.98 Å². The lowest BCUT2D eigenvalue weighted by Crippen LogP contribution is -2.08. The van der Waals surface area contributed by atoms with Crippen LogP contribution in [0, 0.1) is 11.7 Å². The third-order valence-corrected chi connectivity index (χ3v) is 1.42. The van der Waals surface area contributed by atoms with Gasteiger partial charge in [-0.3, -0.25) is 4.98 Å². The fraction of sp³-hybridized carbons (Fsp3) is 0.444. The minimum Gasteiger partial charge on any atom is -0.383 e. The van der Waals surface area contributed by atoms with Gasteiger partial charge < -0.3 is 5.32 Å². The molecule has 0 aliphatic heterocycles. The standard InChI is InChI=1S/C9H13FN2/c1-7(2)4-12-9-3-8(10)5-11-6-9/h3,5-7,12H,4H2,1-2H3. The Labute approximate surface area is 71.8 Å². The van der Waals surface area contributed by atoms with Crippen LogP contribution in [-0.4, -0.2) is 11.5 Å².